The van der Waals surface area contributed by atoms with Crippen molar-refractivity contribution in [2.75, 3.05) is 7.11 Å². The third-order valence-corrected chi connectivity index (χ3v) is 6.81. The first-order valence-electron chi connectivity index (χ1n) is 11.1. The van der Waals surface area contributed by atoms with Gasteiger partial charge in [-0.05, 0) is 86.6 Å². The maximum absolute atomic E-state index is 13.4. The molecule has 4 rings (SSSR count). The Hall–Kier alpha value is -2.79. The summed E-state index contributed by atoms with van der Waals surface area (Å²) >= 11 is 5.99. The molecule has 0 saturated heterocycles. The molecule has 0 unspecified atom stereocenters. The molecular formula is C26H29ClN2O3. The van der Waals surface area contributed by atoms with E-state index in [1.165, 1.54) is 0 Å². The third kappa shape index (κ3) is 4.53. The van der Waals surface area contributed by atoms with E-state index in [0.29, 0.717) is 16.3 Å². The van der Waals surface area contributed by atoms with Crippen LogP contribution < -0.4 is 10.1 Å². The van der Waals surface area contributed by atoms with Gasteiger partial charge in [0.25, 0.3) is 5.91 Å². The molecule has 5 nitrogen and oxygen atoms in total. The van der Waals surface area contributed by atoms with Gasteiger partial charge < -0.3 is 10.1 Å². The number of benzene rings is 2. The van der Waals surface area contributed by atoms with Crippen LogP contribution in [0.5, 0.6) is 5.75 Å². The number of hydrogen-bond acceptors (Lipinski definition) is 3. The van der Waals surface area contributed by atoms with Gasteiger partial charge >= 0.3 is 0 Å². The van der Waals surface area contributed by atoms with E-state index in [1.807, 2.05) is 25.1 Å². The number of amides is 1. The molecule has 2 aromatic carbocycles. The number of nitrogens with one attached hydrogen (secondary N) is 1. The quantitative estimate of drug-likeness (QED) is 0.553. The Labute approximate surface area is 193 Å². The van der Waals surface area contributed by atoms with Crippen molar-refractivity contribution in [3.05, 3.63) is 64.3 Å². The normalized spacial score (nSPS) is 18.5. The van der Waals surface area contributed by atoms with Gasteiger partial charge in [0.05, 0.1) is 19.0 Å². The van der Waals surface area contributed by atoms with Gasteiger partial charge in [-0.1, -0.05) is 18.5 Å². The summed E-state index contributed by atoms with van der Waals surface area (Å²) in [6, 6.07) is 12.7. The summed E-state index contributed by atoms with van der Waals surface area (Å²) < 4.78 is 7.10. The molecule has 1 saturated carbocycles. The topological polar surface area (TPSA) is 60.3 Å². The summed E-state index contributed by atoms with van der Waals surface area (Å²) in [6.45, 7) is 4.16. The van der Waals surface area contributed by atoms with E-state index in [2.05, 4.69) is 12.2 Å². The van der Waals surface area contributed by atoms with E-state index in [1.54, 1.807) is 35.9 Å². The predicted molar refractivity (Wildman–Crippen MR) is 128 cm³/mol. The Bertz CT molecular complexity index is 1140. The highest BCUT2D eigenvalue weighted by Gasteiger charge is 2.24. The summed E-state index contributed by atoms with van der Waals surface area (Å²) in [5.74, 6) is 1.27. The minimum absolute atomic E-state index is 0.00605. The highest BCUT2D eigenvalue weighted by atomic mass is 35.5. The van der Waals surface area contributed by atoms with Crippen molar-refractivity contribution in [1.82, 2.24) is 9.88 Å². The molecule has 1 N–H and O–H groups in total. The number of nitrogens with zero attached hydrogens (tertiary/aromatic N) is 1. The molecule has 1 aliphatic rings. The molecule has 1 fully saturated rings. The molecule has 0 atom stereocenters. The fourth-order valence-corrected chi connectivity index (χ4v) is 4.77. The number of methoxy groups -OCH3 is 1. The van der Waals surface area contributed by atoms with Crippen molar-refractivity contribution >= 4 is 34.3 Å². The van der Waals surface area contributed by atoms with E-state index in [0.717, 1.165) is 53.8 Å². The average Bonchev–Trinajstić information content (AvgIpc) is 3.06. The number of aromatic nitrogens is 1. The largest absolute Gasteiger partial charge is 0.497 e. The molecule has 1 aliphatic carbocycles. The first kappa shape index (κ1) is 22.4. The highest BCUT2D eigenvalue weighted by Crippen LogP contribution is 2.31. The third-order valence-electron chi connectivity index (χ3n) is 6.55. The number of hydrogen-bond donors (Lipinski definition) is 1. The van der Waals surface area contributed by atoms with Crippen LogP contribution in [-0.2, 0) is 11.2 Å². The van der Waals surface area contributed by atoms with Crippen LogP contribution in [0.25, 0.3) is 10.9 Å². The van der Waals surface area contributed by atoms with Crippen LogP contribution in [0.2, 0.25) is 5.02 Å². The molecule has 1 aromatic heterocycles. The number of rotatable bonds is 5. The van der Waals surface area contributed by atoms with Crippen LogP contribution in [0.15, 0.2) is 42.5 Å². The summed E-state index contributed by atoms with van der Waals surface area (Å²) in [7, 11) is 1.61. The zero-order chi connectivity index (χ0) is 22.8. The SMILES string of the molecule is COc1ccc2c(c1)c(CC(=O)NC1CCC(C)CC1)c(C)n2C(=O)c1ccc(Cl)cc1. The lowest BCUT2D eigenvalue weighted by molar-refractivity contribution is -0.121. The molecule has 0 radical (unpaired) electrons. The Morgan fingerprint density at radius 3 is 2.44 bits per heavy atom. The smallest absolute Gasteiger partial charge is 0.262 e. The van der Waals surface area contributed by atoms with Gasteiger partial charge in [0.1, 0.15) is 5.75 Å². The summed E-state index contributed by atoms with van der Waals surface area (Å²) in [6.07, 6.45) is 4.57. The van der Waals surface area contributed by atoms with Crippen LogP contribution in [0.1, 0.15) is 54.2 Å². The lowest BCUT2D eigenvalue weighted by atomic mass is 9.87. The van der Waals surface area contributed by atoms with Gasteiger partial charge in [0, 0.05) is 27.7 Å². The molecule has 1 heterocycles. The maximum Gasteiger partial charge on any atom is 0.262 e. The Morgan fingerprint density at radius 2 is 1.78 bits per heavy atom. The van der Waals surface area contributed by atoms with E-state index >= 15 is 0 Å². The van der Waals surface area contributed by atoms with Crippen LogP contribution in [0, 0.1) is 12.8 Å². The van der Waals surface area contributed by atoms with Gasteiger partial charge in [0.2, 0.25) is 5.91 Å². The predicted octanol–water partition coefficient (Wildman–Crippen LogP) is 5.54. The number of ether oxygens (including phenoxy) is 1. The molecule has 1 amide bonds. The van der Waals surface area contributed by atoms with Crippen molar-refractivity contribution in [3.63, 3.8) is 0 Å². The van der Waals surface area contributed by atoms with E-state index in [-0.39, 0.29) is 24.3 Å². The molecular weight excluding hydrogens is 424 g/mol. The molecule has 3 aromatic rings. The second-order valence-corrected chi connectivity index (χ2v) is 9.23. The van der Waals surface area contributed by atoms with Crippen molar-refractivity contribution < 1.29 is 14.3 Å². The molecule has 0 aliphatic heterocycles. The van der Waals surface area contributed by atoms with Gasteiger partial charge in [-0.15, -0.1) is 0 Å². The molecule has 0 bridgehead atoms. The Morgan fingerprint density at radius 1 is 1.09 bits per heavy atom. The number of halogens is 1. The number of fused-ring (bicyclic) bond motifs is 1. The van der Waals surface area contributed by atoms with Crippen LogP contribution in [-0.4, -0.2) is 29.5 Å². The monoisotopic (exact) mass is 452 g/mol. The molecule has 6 heteroatoms. The maximum atomic E-state index is 13.4. The second-order valence-electron chi connectivity index (χ2n) is 8.80. The highest BCUT2D eigenvalue weighted by molar-refractivity contribution is 6.30. The van der Waals surface area contributed by atoms with E-state index in [9.17, 15) is 9.59 Å². The fraction of sp³-hybridized carbons (Fsp3) is 0.385. The summed E-state index contributed by atoms with van der Waals surface area (Å²) in [5.41, 5.74) is 2.92. The first-order chi connectivity index (χ1) is 15.4. The van der Waals surface area contributed by atoms with Crippen molar-refractivity contribution in [2.45, 2.75) is 52.0 Å². The minimum atomic E-state index is -0.151. The summed E-state index contributed by atoms with van der Waals surface area (Å²) in [4.78, 5) is 26.3. The van der Waals surface area contributed by atoms with Crippen molar-refractivity contribution in [1.29, 1.82) is 0 Å². The van der Waals surface area contributed by atoms with Crippen LogP contribution in [0.3, 0.4) is 0 Å². The van der Waals surface area contributed by atoms with E-state index in [4.69, 9.17) is 16.3 Å². The van der Waals surface area contributed by atoms with Gasteiger partial charge in [-0.3, -0.25) is 14.2 Å². The number of carbonyl (C=O) groups is 2. The van der Waals surface area contributed by atoms with Crippen LogP contribution >= 0.6 is 11.6 Å². The summed E-state index contributed by atoms with van der Waals surface area (Å²) in [5, 5.41) is 4.64. The average molecular weight is 453 g/mol. The number of carbonyl (C=O) groups excluding carboxylic acids is 2. The van der Waals surface area contributed by atoms with Gasteiger partial charge in [0.15, 0.2) is 0 Å². The fourth-order valence-electron chi connectivity index (χ4n) is 4.64. The zero-order valence-electron chi connectivity index (χ0n) is 18.8. The van der Waals surface area contributed by atoms with E-state index < -0.39 is 0 Å². The lowest BCUT2D eigenvalue weighted by Gasteiger charge is -2.26. The zero-order valence-corrected chi connectivity index (χ0v) is 19.5. The molecule has 32 heavy (non-hydrogen) atoms. The second kappa shape index (κ2) is 9.37. The Kier molecular flexibility index (Phi) is 6.56. The van der Waals surface area contributed by atoms with Crippen molar-refractivity contribution in [3.8, 4) is 5.75 Å². The first-order valence-corrected chi connectivity index (χ1v) is 11.5. The molecule has 0 spiro atoms. The minimum Gasteiger partial charge on any atom is -0.497 e. The van der Waals surface area contributed by atoms with Gasteiger partial charge in [-0.2, -0.15) is 0 Å². The standard InChI is InChI=1S/C26H29ClN2O3/c1-16-4-10-20(11-5-16)28-25(30)15-22-17(2)29(24-13-12-21(32-3)14-23(22)24)26(31)18-6-8-19(27)9-7-18/h6-9,12-14,16,20H,4-5,10-11,15H2,1-3H3,(H,28,30). The lowest BCUT2D eigenvalue weighted by Crippen LogP contribution is -2.38. The van der Waals surface area contributed by atoms with Crippen LogP contribution in [0.4, 0.5) is 0 Å². The van der Waals surface area contributed by atoms with Crippen molar-refractivity contribution in [2.24, 2.45) is 5.92 Å². The van der Waals surface area contributed by atoms with Gasteiger partial charge in [-0.25, -0.2) is 0 Å². The Balaban J connectivity index is 1.68. The molecule has 168 valence electrons.